The summed E-state index contributed by atoms with van der Waals surface area (Å²) < 4.78 is 0. The Morgan fingerprint density at radius 1 is 1.50 bits per heavy atom. The van der Waals surface area contributed by atoms with Gasteiger partial charge in [-0.2, -0.15) is 0 Å². The van der Waals surface area contributed by atoms with Crippen molar-refractivity contribution < 1.29 is 0 Å². The van der Waals surface area contributed by atoms with Crippen LogP contribution < -0.4 is 5.73 Å². The molecule has 2 unspecified atom stereocenters. The summed E-state index contributed by atoms with van der Waals surface area (Å²) in [6.45, 7) is 7.89. The molecular formula is C11H23N. The molecule has 72 valence electrons. The van der Waals surface area contributed by atoms with E-state index in [4.69, 9.17) is 5.73 Å². The summed E-state index contributed by atoms with van der Waals surface area (Å²) in [5.41, 5.74) is 6.40. The van der Waals surface area contributed by atoms with Gasteiger partial charge in [-0.3, -0.25) is 0 Å². The lowest BCUT2D eigenvalue weighted by Gasteiger charge is -2.34. The van der Waals surface area contributed by atoms with E-state index in [9.17, 15) is 0 Å². The fraction of sp³-hybridized carbons (Fsp3) is 1.00. The number of hydrogen-bond donors (Lipinski definition) is 1. The molecule has 1 fully saturated rings. The molecule has 1 aliphatic rings. The maximum absolute atomic E-state index is 5.91. The minimum atomic E-state index is 0.494. The first-order valence-corrected chi connectivity index (χ1v) is 5.31. The standard InChI is InChI=1S/C11H23N/c1-9(2)7-11(8-12)6-4-5-10(11)3/h9-10H,4-8,12H2,1-3H3. The second-order valence-corrected chi connectivity index (χ2v) is 4.96. The predicted octanol–water partition coefficient (Wildman–Crippen LogP) is 2.80. The zero-order chi connectivity index (χ0) is 9.19. The summed E-state index contributed by atoms with van der Waals surface area (Å²) in [5, 5.41) is 0. The number of rotatable bonds is 3. The molecule has 0 spiro atoms. The first kappa shape index (κ1) is 10.0. The highest BCUT2D eigenvalue weighted by Crippen LogP contribution is 2.46. The minimum Gasteiger partial charge on any atom is -0.330 e. The van der Waals surface area contributed by atoms with Gasteiger partial charge in [0.2, 0.25) is 0 Å². The second kappa shape index (κ2) is 3.78. The molecule has 1 saturated carbocycles. The zero-order valence-electron chi connectivity index (χ0n) is 8.77. The van der Waals surface area contributed by atoms with Gasteiger partial charge in [-0.05, 0) is 36.6 Å². The first-order valence-electron chi connectivity index (χ1n) is 5.31. The van der Waals surface area contributed by atoms with Gasteiger partial charge in [-0.25, -0.2) is 0 Å². The van der Waals surface area contributed by atoms with Crippen molar-refractivity contribution in [3.05, 3.63) is 0 Å². The van der Waals surface area contributed by atoms with E-state index in [1.165, 1.54) is 25.7 Å². The van der Waals surface area contributed by atoms with Crippen molar-refractivity contribution in [2.45, 2.75) is 46.5 Å². The van der Waals surface area contributed by atoms with Gasteiger partial charge in [0, 0.05) is 0 Å². The van der Waals surface area contributed by atoms with Crippen molar-refractivity contribution in [2.75, 3.05) is 6.54 Å². The highest BCUT2D eigenvalue weighted by Gasteiger charge is 2.38. The van der Waals surface area contributed by atoms with E-state index in [1.54, 1.807) is 0 Å². The summed E-state index contributed by atoms with van der Waals surface area (Å²) >= 11 is 0. The summed E-state index contributed by atoms with van der Waals surface area (Å²) in [4.78, 5) is 0. The summed E-state index contributed by atoms with van der Waals surface area (Å²) in [7, 11) is 0. The van der Waals surface area contributed by atoms with Gasteiger partial charge in [0.1, 0.15) is 0 Å². The third-order valence-corrected chi connectivity index (χ3v) is 3.58. The molecule has 0 saturated heterocycles. The fourth-order valence-corrected chi connectivity index (χ4v) is 2.82. The van der Waals surface area contributed by atoms with E-state index in [2.05, 4.69) is 20.8 Å². The molecule has 1 rings (SSSR count). The average molecular weight is 169 g/mol. The van der Waals surface area contributed by atoms with E-state index in [-0.39, 0.29) is 0 Å². The quantitative estimate of drug-likeness (QED) is 0.690. The normalized spacial score (nSPS) is 36.2. The Morgan fingerprint density at radius 3 is 2.50 bits per heavy atom. The van der Waals surface area contributed by atoms with Crippen molar-refractivity contribution >= 4 is 0 Å². The van der Waals surface area contributed by atoms with Crippen molar-refractivity contribution in [1.82, 2.24) is 0 Å². The lowest BCUT2D eigenvalue weighted by atomic mass is 9.73. The van der Waals surface area contributed by atoms with Crippen molar-refractivity contribution in [3.63, 3.8) is 0 Å². The molecule has 0 aromatic carbocycles. The molecule has 0 aromatic rings. The van der Waals surface area contributed by atoms with Crippen LogP contribution in [-0.4, -0.2) is 6.54 Å². The molecule has 0 amide bonds. The van der Waals surface area contributed by atoms with Gasteiger partial charge in [0.05, 0.1) is 0 Å². The molecule has 2 atom stereocenters. The molecule has 1 nitrogen and oxygen atoms in total. The van der Waals surface area contributed by atoms with E-state index in [0.717, 1.165) is 18.4 Å². The Hall–Kier alpha value is -0.0400. The Morgan fingerprint density at radius 2 is 2.17 bits per heavy atom. The van der Waals surface area contributed by atoms with Crippen LogP contribution >= 0.6 is 0 Å². The minimum absolute atomic E-state index is 0.494. The molecule has 1 heteroatoms. The first-order chi connectivity index (χ1) is 5.60. The Kier molecular flexibility index (Phi) is 3.16. The topological polar surface area (TPSA) is 26.0 Å². The lowest BCUT2D eigenvalue weighted by Crippen LogP contribution is -2.34. The van der Waals surface area contributed by atoms with Gasteiger partial charge in [0.25, 0.3) is 0 Å². The Balaban J connectivity index is 2.61. The van der Waals surface area contributed by atoms with E-state index in [1.807, 2.05) is 0 Å². The fourth-order valence-electron chi connectivity index (χ4n) is 2.82. The molecule has 0 bridgehead atoms. The van der Waals surface area contributed by atoms with Crippen molar-refractivity contribution in [3.8, 4) is 0 Å². The van der Waals surface area contributed by atoms with E-state index in [0.29, 0.717) is 5.41 Å². The van der Waals surface area contributed by atoms with Crippen LogP contribution in [0.1, 0.15) is 46.5 Å². The maximum atomic E-state index is 5.91. The van der Waals surface area contributed by atoms with Gasteiger partial charge in [-0.15, -0.1) is 0 Å². The van der Waals surface area contributed by atoms with Gasteiger partial charge < -0.3 is 5.73 Å². The predicted molar refractivity (Wildman–Crippen MR) is 54.0 cm³/mol. The van der Waals surface area contributed by atoms with Crippen LogP contribution in [0.2, 0.25) is 0 Å². The van der Waals surface area contributed by atoms with Crippen LogP contribution in [0.5, 0.6) is 0 Å². The third kappa shape index (κ3) is 1.82. The van der Waals surface area contributed by atoms with E-state index >= 15 is 0 Å². The summed E-state index contributed by atoms with van der Waals surface area (Å²) in [6.07, 6.45) is 5.47. The molecular weight excluding hydrogens is 146 g/mol. The molecule has 0 radical (unpaired) electrons. The Labute approximate surface area is 76.7 Å². The molecule has 2 N–H and O–H groups in total. The van der Waals surface area contributed by atoms with Gasteiger partial charge in [0.15, 0.2) is 0 Å². The van der Waals surface area contributed by atoms with Crippen LogP contribution in [0.4, 0.5) is 0 Å². The largest absolute Gasteiger partial charge is 0.330 e. The number of hydrogen-bond acceptors (Lipinski definition) is 1. The zero-order valence-corrected chi connectivity index (χ0v) is 8.77. The highest BCUT2D eigenvalue weighted by atomic mass is 14.6. The summed E-state index contributed by atoms with van der Waals surface area (Å²) in [6, 6.07) is 0. The number of nitrogens with two attached hydrogens (primary N) is 1. The van der Waals surface area contributed by atoms with Crippen LogP contribution in [0, 0.1) is 17.3 Å². The molecule has 0 aliphatic heterocycles. The SMILES string of the molecule is CC(C)CC1(CN)CCCC1C. The van der Waals surface area contributed by atoms with Crippen LogP contribution in [-0.2, 0) is 0 Å². The highest BCUT2D eigenvalue weighted by molar-refractivity contribution is 4.91. The third-order valence-electron chi connectivity index (χ3n) is 3.58. The van der Waals surface area contributed by atoms with Crippen LogP contribution in [0.3, 0.4) is 0 Å². The van der Waals surface area contributed by atoms with Crippen LogP contribution in [0.15, 0.2) is 0 Å². The Bertz CT molecular complexity index is 142. The maximum Gasteiger partial charge on any atom is -0.00179 e. The molecule has 0 aromatic heterocycles. The second-order valence-electron chi connectivity index (χ2n) is 4.96. The smallest absolute Gasteiger partial charge is 0.00179 e. The van der Waals surface area contributed by atoms with Gasteiger partial charge >= 0.3 is 0 Å². The monoisotopic (exact) mass is 169 g/mol. The molecule has 12 heavy (non-hydrogen) atoms. The van der Waals surface area contributed by atoms with Crippen molar-refractivity contribution in [1.29, 1.82) is 0 Å². The lowest BCUT2D eigenvalue weighted by molar-refractivity contribution is 0.178. The van der Waals surface area contributed by atoms with E-state index < -0.39 is 0 Å². The average Bonchev–Trinajstić information content (AvgIpc) is 2.32. The molecule has 1 aliphatic carbocycles. The molecule has 0 heterocycles. The van der Waals surface area contributed by atoms with Gasteiger partial charge in [-0.1, -0.05) is 33.6 Å². The van der Waals surface area contributed by atoms with Crippen molar-refractivity contribution in [2.24, 2.45) is 23.0 Å². The summed E-state index contributed by atoms with van der Waals surface area (Å²) in [5.74, 6) is 1.65. The van der Waals surface area contributed by atoms with Crippen LogP contribution in [0.25, 0.3) is 0 Å².